The number of thiol groups is 1. The van der Waals surface area contributed by atoms with Gasteiger partial charge >= 0.3 is 0 Å². The molecule has 0 radical (unpaired) electrons. The average molecular weight is 212 g/mol. The molecule has 78 valence electrons. The maximum Gasteiger partial charge on any atom is 0.270 e. The maximum atomic E-state index is 11.5. The Morgan fingerprint density at radius 2 is 2.07 bits per heavy atom. The van der Waals surface area contributed by atoms with Gasteiger partial charge in [0, 0.05) is 23.8 Å². The highest BCUT2D eigenvalue weighted by molar-refractivity contribution is 7.79. The third kappa shape index (κ3) is 2.18. The van der Waals surface area contributed by atoms with Crippen LogP contribution in [0.4, 0.5) is 0 Å². The van der Waals surface area contributed by atoms with Gasteiger partial charge in [0.15, 0.2) is 0 Å². The first-order chi connectivity index (χ1) is 6.36. The smallest absolute Gasteiger partial charge is 0.267 e. The molecular formula is C10H16N2OS. The lowest BCUT2D eigenvalue weighted by Crippen LogP contribution is -2.27. The predicted octanol–water partition coefficient (Wildman–Crippen LogP) is 1.51. The summed E-state index contributed by atoms with van der Waals surface area (Å²) in [6.07, 6.45) is 0. The Kier molecular flexibility index (Phi) is 3.04. The number of aromatic nitrogens is 2. The lowest BCUT2D eigenvalue weighted by molar-refractivity contribution is 0.528. The molecule has 1 rings (SSSR count). The number of rotatable bonds is 1. The molecule has 3 nitrogen and oxygen atoms in total. The quantitative estimate of drug-likeness (QED) is 0.716. The Balaban J connectivity index is 3.38. The molecule has 0 fully saturated rings. The third-order valence-corrected chi connectivity index (χ3v) is 2.42. The highest BCUT2D eigenvalue weighted by Gasteiger charge is 2.17. The Labute approximate surface area is 89.6 Å². The van der Waals surface area contributed by atoms with Crippen LogP contribution in [0.15, 0.2) is 10.9 Å². The van der Waals surface area contributed by atoms with Crippen molar-refractivity contribution in [2.24, 2.45) is 7.05 Å². The summed E-state index contributed by atoms with van der Waals surface area (Å²) in [5.41, 5.74) is 1.52. The minimum atomic E-state index is -0.0620. The fourth-order valence-electron chi connectivity index (χ4n) is 1.15. The van der Waals surface area contributed by atoms with Gasteiger partial charge in [-0.25, -0.2) is 4.68 Å². The van der Waals surface area contributed by atoms with Crippen molar-refractivity contribution in [3.63, 3.8) is 0 Å². The van der Waals surface area contributed by atoms with Crippen molar-refractivity contribution in [3.05, 3.63) is 27.7 Å². The maximum absolute atomic E-state index is 11.5. The number of aryl methyl sites for hydroxylation is 1. The van der Waals surface area contributed by atoms with Gasteiger partial charge in [-0.05, 0) is 6.07 Å². The predicted molar refractivity (Wildman–Crippen MR) is 60.9 cm³/mol. The van der Waals surface area contributed by atoms with Crippen LogP contribution in [0, 0.1) is 0 Å². The molecule has 1 heterocycles. The molecule has 0 unspecified atom stereocenters. The van der Waals surface area contributed by atoms with Crippen LogP contribution in [0.3, 0.4) is 0 Å². The van der Waals surface area contributed by atoms with Crippen LogP contribution in [0.2, 0.25) is 0 Å². The Bertz CT molecular complexity index is 390. The minimum Gasteiger partial charge on any atom is -0.267 e. The molecule has 0 aliphatic rings. The zero-order valence-electron chi connectivity index (χ0n) is 9.03. The van der Waals surface area contributed by atoms with Crippen LogP contribution in [-0.2, 0) is 18.2 Å². The molecule has 1 aromatic rings. The van der Waals surface area contributed by atoms with Crippen molar-refractivity contribution in [1.82, 2.24) is 9.78 Å². The number of hydrogen-bond donors (Lipinski definition) is 1. The lowest BCUT2D eigenvalue weighted by Gasteiger charge is -2.18. The van der Waals surface area contributed by atoms with Crippen LogP contribution >= 0.6 is 12.6 Å². The van der Waals surface area contributed by atoms with Gasteiger partial charge < -0.3 is 0 Å². The van der Waals surface area contributed by atoms with E-state index in [2.05, 4.69) is 38.5 Å². The van der Waals surface area contributed by atoms with Crippen LogP contribution < -0.4 is 5.56 Å². The van der Waals surface area contributed by atoms with Gasteiger partial charge in [-0.2, -0.15) is 17.7 Å². The van der Waals surface area contributed by atoms with E-state index >= 15 is 0 Å². The highest BCUT2D eigenvalue weighted by Crippen LogP contribution is 2.19. The molecule has 0 aromatic carbocycles. The largest absolute Gasteiger partial charge is 0.270 e. The second-order valence-electron chi connectivity index (χ2n) is 4.39. The molecular weight excluding hydrogens is 196 g/mol. The molecule has 0 atom stereocenters. The zero-order chi connectivity index (χ0) is 10.9. The number of nitrogens with zero attached hydrogens (tertiary/aromatic N) is 2. The van der Waals surface area contributed by atoms with Gasteiger partial charge in [-0.3, -0.25) is 4.79 Å². The van der Waals surface area contributed by atoms with Gasteiger partial charge in [-0.15, -0.1) is 0 Å². The second-order valence-corrected chi connectivity index (χ2v) is 4.71. The van der Waals surface area contributed by atoms with Crippen molar-refractivity contribution >= 4 is 12.6 Å². The van der Waals surface area contributed by atoms with E-state index in [1.165, 1.54) is 4.68 Å². The summed E-state index contributed by atoms with van der Waals surface area (Å²) in [5.74, 6) is 0.457. The first-order valence-electron chi connectivity index (χ1n) is 4.55. The van der Waals surface area contributed by atoms with Crippen molar-refractivity contribution in [2.45, 2.75) is 31.9 Å². The Hall–Kier alpha value is -0.770. The second kappa shape index (κ2) is 3.77. The van der Waals surface area contributed by atoms with Crippen molar-refractivity contribution < 1.29 is 0 Å². The fraction of sp³-hybridized carbons (Fsp3) is 0.600. The first-order valence-corrected chi connectivity index (χ1v) is 5.18. The van der Waals surface area contributed by atoms with E-state index in [9.17, 15) is 4.79 Å². The standard InChI is InChI=1S/C10H16N2OS/c1-10(2,3)8-5-7(6-14)9(13)12(4)11-8/h5,14H,6H2,1-4H3. The summed E-state index contributed by atoms with van der Waals surface area (Å²) < 4.78 is 1.38. The van der Waals surface area contributed by atoms with E-state index in [0.29, 0.717) is 11.3 Å². The third-order valence-electron chi connectivity index (χ3n) is 2.08. The normalized spacial score (nSPS) is 11.8. The molecule has 0 bridgehead atoms. The average Bonchev–Trinajstić information content (AvgIpc) is 2.07. The molecule has 14 heavy (non-hydrogen) atoms. The van der Waals surface area contributed by atoms with E-state index in [1.807, 2.05) is 6.07 Å². The van der Waals surface area contributed by atoms with Crippen LogP contribution in [0.25, 0.3) is 0 Å². The fourth-order valence-corrected chi connectivity index (χ4v) is 1.38. The molecule has 0 saturated heterocycles. The molecule has 0 saturated carbocycles. The van der Waals surface area contributed by atoms with E-state index in [-0.39, 0.29) is 11.0 Å². The van der Waals surface area contributed by atoms with Crippen LogP contribution in [0.5, 0.6) is 0 Å². The van der Waals surface area contributed by atoms with Gasteiger partial charge in [0.25, 0.3) is 5.56 Å². The summed E-state index contributed by atoms with van der Waals surface area (Å²) in [5, 5.41) is 4.22. The van der Waals surface area contributed by atoms with Gasteiger partial charge in [0.05, 0.1) is 5.69 Å². The van der Waals surface area contributed by atoms with E-state index < -0.39 is 0 Å². The molecule has 0 aliphatic heterocycles. The summed E-state index contributed by atoms with van der Waals surface area (Å²) in [6, 6.07) is 1.84. The van der Waals surface area contributed by atoms with Crippen molar-refractivity contribution in [1.29, 1.82) is 0 Å². The summed E-state index contributed by atoms with van der Waals surface area (Å²) in [7, 11) is 1.67. The topological polar surface area (TPSA) is 34.9 Å². The Morgan fingerprint density at radius 1 is 1.50 bits per heavy atom. The SMILES string of the molecule is Cn1nc(C(C)(C)C)cc(CS)c1=O. The monoisotopic (exact) mass is 212 g/mol. The van der Waals surface area contributed by atoms with Crippen molar-refractivity contribution in [3.8, 4) is 0 Å². The summed E-state index contributed by atoms with van der Waals surface area (Å²) in [4.78, 5) is 11.5. The van der Waals surface area contributed by atoms with Crippen LogP contribution in [-0.4, -0.2) is 9.78 Å². The summed E-state index contributed by atoms with van der Waals surface area (Å²) in [6.45, 7) is 6.21. The molecule has 1 aromatic heterocycles. The van der Waals surface area contributed by atoms with Crippen molar-refractivity contribution in [2.75, 3.05) is 0 Å². The van der Waals surface area contributed by atoms with E-state index in [0.717, 1.165) is 5.69 Å². The van der Waals surface area contributed by atoms with Gasteiger partial charge in [0.2, 0.25) is 0 Å². The van der Waals surface area contributed by atoms with Crippen LogP contribution in [0.1, 0.15) is 32.0 Å². The summed E-state index contributed by atoms with van der Waals surface area (Å²) >= 11 is 4.13. The minimum absolute atomic E-state index is 0.0385. The van der Waals surface area contributed by atoms with Gasteiger partial charge in [-0.1, -0.05) is 20.8 Å². The number of hydrogen-bond acceptors (Lipinski definition) is 3. The molecule has 0 spiro atoms. The lowest BCUT2D eigenvalue weighted by atomic mass is 9.91. The Morgan fingerprint density at radius 3 is 2.50 bits per heavy atom. The molecule has 0 N–H and O–H groups in total. The first kappa shape index (κ1) is 11.3. The molecule has 0 amide bonds. The highest BCUT2D eigenvalue weighted by atomic mass is 32.1. The van der Waals surface area contributed by atoms with Gasteiger partial charge in [0.1, 0.15) is 0 Å². The zero-order valence-corrected chi connectivity index (χ0v) is 9.93. The van der Waals surface area contributed by atoms with E-state index in [1.54, 1.807) is 7.05 Å². The van der Waals surface area contributed by atoms with E-state index in [4.69, 9.17) is 0 Å². The molecule has 4 heteroatoms. The molecule has 0 aliphatic carbocycles.